The van der Waals surface area contributed by atoms with Gasteiger partial charge >= 0.3 is 5.97 Å². The van der Waals surface area contributed by atoms with Crippen LogP contribution in [-0.2, 0) is 32.2 Å². The number of fused-ring (bicyclic) bond motifs is 2. The van der Waals surface area contributed by atoms with E-state index in [2.05, 4.69) is 33.4 Å². The van der Waals surface area contributed by atoms with Gasteiger partial charge < -0.3 is 19.3 Å². The van der Waals surface area contributed by atoms with Crippen LogP contribution in [-0.4, -0.2) is 60.4 Å². The maximum atomic E-state index is 12.9. The van der Waals surface area contributed by atoms with Crippen molar-refractivity contribution in [2.24, 2.45) is 0 Å². The normalized spacial score (nSPS) is 12.1. The molecule has 6 rings (SSSR count). The lowest BCUT2D eigenvalue weighted by Crippen LogP contribution is -2.27. The molecule has 0 radical (unpaired) electrons. The van der Waals surface area contributed by atoms with Crippen LogP contribution < -0.4 is 0 Å². The van der Waals surface area contributed by atoms with Crippen molar-refractivity contribution in [3.8, 4) is 17.1 Å². The summed E-state index contributed by atoms with van der Waals surface area (Å²) in [6.45, 7) is 6.83. The second kappa shape index (κ2) is 23.6. The number of ether oxygens (including phenoxy) is 3. The van der Waals surface area contributed by atoms with Gasteiger partial charge in [0.25, 0.3) is 0 Å². The van der Waals surface area contributed by atoms with Crippen molar-refractivity contribution in [2.45, 2.75) is 143 Å². The zero-order valence-electron chi connectivity index (χ0n) is 36.0. The van der Waals surface area contributed by atoms with Gasteiger partial charge in [-0.2, -0.15) is 4.80 Å². The molecule has 0 aliphatic heterocycles. The quantitative estimate of drug-likeness (QED) is 0.0399. The molecule has 11 heteroatoms. The van der Waals surface area contributed by atoms with Gasteiger partial charge in [-0.1, -0.05) is 127 Å². The first-order valence-electron chi connectivity index (χ1n) is 22.3. The minimum absolute atomic E-state index is 0.0421. The summed E-state index contributed by atoms with van der Waals surface area (Å²) in [4.78, 5) is 16.0. The number of phenolic OH excluding ortho intramolecular Hbond substituents is 1. The van der Waals surface area contributed by atoms with Crippen LogP contribution in [0.2, 0.25) is 0 Å². The summed E-state index contributed by atoms with van der Waals surface area (Å²) < 4.78 is 18.3. The summed E-state index contributed by atoms with van der Waals surface area (Å²) >= 11 is 0. The predicted octanol–water partition coefficient (Wildman–Crippen LogP) is 11.4. The van der Waals surface area contributed by atoms with Gasteiger partial charge in [-0.15, -0.1) is 25.2 Å². The lowest BCUT2D eigenvalue weighted by Gasteiger charge is -2.19. The molecule has 0 amide bonds. The maximum Gasteiger partial charge on any atom is 0.305 e. The number of aromatic nitrogens is 6. The molecule has 60 heavy (non-hydrogen) atoms. The lowest BCUT2D eigenvalue weighted by molar-refractivity contribution is -0.150. The summed E-state index contributed by atoms with van der Waals surface area (Å²) in [5.41, 5.74) is 7.91. The predicted molar refractivity (Wildman–Crippen MR) is 238 cm³/mol. The standard InChI is InChI=1S/C49H64N6O5/c1-4-5-6-7-8-9-10-11-12-13-14-15-16-17-18-27-48(56)60-36-42(59-33-39-28-37(2)30-41(32-39)54-50-43-23-19-20-24-44(43)51-54)35-58-34-40-29-38(3)31-47(49(40)57)55-52-45-25-21-22-26-46(45)53-55/h19-26,28-32,42,57H,4-18,27,33-36H2,1-3H3. The van der Waals surface area contributed by atoms with E-state index in [0.717, 1.165) is 63.7 Å². The summed E-state index contributed by atoms with van der Waals surface area (Å²) in [6.07, 6.45) is 19.0. The Balaban J connectivity index is 0.993. The molecular weight excluding hydrogens is 753 g/mol. The zero-order chi connectivity index (χ0) is 41.9. The molecule has 0 spiro atoms. The van der Waals surface area contributed by atoms with Gasteiger partial charge in [-0.25, -0.2) is 0 Å². The van der Waals surface area contributed by atoms with E-state index in [0.29, 0.717) is 17.7 Å². The molecular formula is C49H64N6O5. The monoisotopic (exact) mass is 816 g/mol. The van der Waals surface area contributed by atoms with Gasteiger partial charge in [0.05, 0.1) is 25.5 Å². The molecule has 11 nitrogen and oxygen atoms in total. The van der Waals surface area contributed by atoms with E-state index in [1.807, 2.05) is 86.6 Å². The minimum Gasteiger partial charge on any atom is -0.505 e. The van der Waals surface area contributed by atoms with Crippen LogP contribution in [0.3, 0.4) is 0 Å². The lowest BCUT2D eigenvalue weighted by atomic mass is 10.0. The number of esters is 1. The van der Waals surface area contributed by atoms with Crippen LogP contribution in [0, 0.1) is 13.8 Å². The molecule has 2 aromatic heterocycles. The number of carbonyl (C=O) groups excluding carboxylic acids is 1. The number of aromatic hydroxyl groups is 1. The van der Waals surface area contributed by atoms with Gasteiger partial charge in [0.2, 0.25) is 0 Å². The number of aryl methyl sites for hydroxylation is 2. The summed E-state index contributed by atoms with van der Waals surface area (Å²) in [5, 5.41) is 29.7. The van der Waals surface area contributed by atoms with Crippen molar-refractivity contribution in [3.63, 3.8) is 0 Å². The number of unbranched alkanes of at least 4 members (excludes halogenated alkanes) is 14. The molecule has 6 aromatic rings. The average molecular weight is 817 g/mol. The van der Waals surface area contributed by atoms with Gasteiger partial charge in [0.1, 0.15) is 46.2 Å². The Morgan fingerprint density at radius 1 is 0.617 bits per heavy atom. The van der Waals surface area contributed by atoms with Crippen LogP contribution in [0.25, 0.3) is 33.4 Å². The molecule has 1 unspecified atom stereocenters. The van der Waals surface area contributed by atoms with E-state index in [1.165, 1.54) is 81.8 Å². The Bertz CT molecular complexity index is 2170. The number of nitrogens with zero attached hydrogens (tertiary/aromatic N) is 6. The number of benzene rings is 4. The molecule has 2 heterocycles. The number of rotatable bonds is 27. The number of hydrogen-bond acceptors (Lipinski definition) is 9. The van der Waals surface area contributed by atoms with E-state index < -0.39 is 6.10 Å². The first kappa shape index (κ1) is 44.4. The van der Waals surface area contributed by atoms with Crippen LogP contribution in [0.5, 0.6) is 5.75 Å². The highest BCUT2D eigenvalue weighted by Crippen LogP contribution is 2.29. The smallest absolute Gasteiger partial charge is 0.305 e. The van der Waals surface area contributed by atoms with Gasteiger partial charge in [-0.3, -0.25) is 4.79 Å². The average Bonchev–Trinajstić information content (AvgIpc) is 3.89. The molecule has 0 saturated carbocycles. The summed E-state index contributed by atoms with van der Waals surface area (Å²) in [6, 6.07) is 25.2. The topological polar surface area (TPSA) is 126 Å². The van der Waals surface area contributed by atoms with Crippen molar-refractivity contribution < 1.29 is 24.1 Å². The van der Waals surface area contributed by atoms with Crippen LogP contribution in [0.4, 0.5) is 0 Å². The molecule has 0 aliphatic rings. The Morgan fingerprint density at radius 2 is 1.13 bits per heavy atom. The van der Waals surface area contributed by atoms with Crippen molar-refractivity contribution >= 4 is 28.0 Å². The Labute approximate surface area is 355 Å². The third-order valence-corrected chi connectivity index (χ3v) is 10.9. The zero-order valence-corrected chi connectivity index (χ0v) is 36.0. The number of phenols is 1. The van der Waals surface area contributed by atoms with E-state index in [4.69, 9.17) is 14.2 Å². The van der Waals surface area contributed by atoms with E-state index in [1.54, 1.807) is 4.80 Å². The highest BCUT2D eigenvalue weighted by Gasteiger charge is 2.18. The third-order valence-electron chi connectivity index (χ3n) is 10.9. The first-order chi connectivity index (χ1) is 29.4. The molecule has 0 fully saturated rings. The Kier molecular flexibility index (Phi) is 17.5. The van der Waals surface area contributed by atoms with Gasteiger partial charge in [0, 0.05) is 12.0 Å². The second-order valence-electron chi connectivity index (χ2n) is 16.3. The third kappa shape index (κ3) is 13.7. The molecule has 320 valence electrons. The minimum atomic E-state index is -0.547. The maximum absolute atomic E-state index is 12.9. The first-order valence-corrected chi connectivity index (χ1v) is 22.3. The molecule has 0 saturated heterocycles. The van der Waals surface area contributed by atoms with Crippen molar-refractivity contribution in [3.05, 3.63) is 101 Å². The van der Waals surface area contributed by atoms with Crippen LogP contribution in [0.1, 0.15) is 132 Å². The number of carbonyl (C=O) groups is 1. The van der Waals surface area contributed by atoms with E-state index in [-0.39, 0.29) is 38.1 Å². The van der Waals surface area contributed by atoms with Gasteiger partial charge in [-0.05, 0) is 85.5 Å². The van der Waals surface area contributed by atoms with Crippen molar-refractivity contribution in [1.82, 2.24) is 30.0 Å². The Hall–Kier alpha value is -5.13. The number of hydrogen-bond donors (Lipinski definition) is 1. The second-order valence-corrected chi connectivity index (χ2v) is 16.3. The fourth-order valence-corrected chi connectivity index (χ4v) is 7.64. The van der Waals surface area contributed by atoms with E-state index >= 15 is 0 Å². The molecule has 0 aliphatic carbocycles. The highest BCUT2D eigenvalue weighted by molar-refractivity contribution is 5.74. The molecule has 4 aromatic carbocycles. The largest absolute Gasteiger partial charge is 0.505 e. The fraction of sp³-hybridized carbons (Fsp3) is 0.490. The molecule has 0 bridgehead atoms. The van der Waals surface area contributed by atoms with Crippen LogP contribution >= 0.6 is 0 Å². The fourth-order valence-electron chi connectivity index (χ4n) is 7.64. The van der Waals surface area contributed by atoms with E-state index in [9.17, 15) is 9.90 Å². The Morgan fingerprint density at radius 3 is 1.70 bits per heavy atom. The SMILES string of the molecule is CCCCCCCCCCCCCCCCCC(=O)OCC(COCc1cc(C)cc(-n2nc3ccccc3n2)c1O)OCc1cc(C)cc(-n2nc3ccccc3n2)c1. The van der Waals surface area contributed by atoms with Crippen molar-refractivity contribution in [2.75, 3.05) is 13.2 Å². The summed E-state index contributed by atoms with van der Waals surface area (Å²) in [5.74, 6) is -0.187. The molecule has 1 atom stereocenters. The highest BCUT2D eigenvalue weighted by atomic mass is 16.6. The summed E-state index contributed by atoms with van der Waals surface area (Å²) in [7, 11) is 0. The van der Waals surface area contributed by atoms with Crippen LogP contribution in [0.15, 0.2) is 78.9 Å². The molecule has 1 N–H and O–H groups in total. The van der Waals surface area contributed by atoms with Gasteiger partial charge in [0.15, 0.2) is 0 Å². The van der Waals surface area contributed by atoms with Crippen molar-refractivity contribution in [1.29, 1.82) is 0 Å².